The number of ether oxygens (including phenoxy) is 1. The number of hydrogen-bond acceptors (Lipinski definition) is 3. The van der Waals surface area contributed by atoms with E-state index in [0.29, 0.717) is 5.92 Å². The lowest BCUT2D eigenvalue weighted by Gasteiger charge is -2.22. The standard InChI is InChI=1S/C16H24N4O2/c1-19-14(9-13(18-19)12-3-2-4-12)17-15(21)20-7-5-16(10-20)6-8-22-11-16/h9,12H,2-8,10-11H2,1H3,(H,17,21)/t16-/m1/s1. The van der Waals surface area contributed by atoms with Crippen LogP contribution in [0.3, 0.4) is 0 Å². The van der Waals surface area contributed by atoms with E-state index in [4.69, 9.17) is 4.74 Å². The Morgan fingerprint density at radius 2 is 2.32 bits per heavy atom. The third-order valence-electron chi connectivity index (χ3n) is 5.57. The van der Waals surface area contributed by atoms with E-state index in [-0.39, 0.29) is 11.4 Å². The molecule has 3 aliphatic rings. The molecule has 1 spiro atoms. The van der Waals surface area contributed by atoms with Gasteiger partial charge in [-0.25, -0.2) is 4.79 Å². The molecule has 6 nitrogen and oxygen atoms in total. The number of amides is 2. The number of hydrogen-bond donors (Lipinski definition) is 1. The van der Waals surface area contributed by atoms with Gasteiger partial charge in [-0.15, -0.1) is 0 Å². The molecular formula is C16H24N4O2. The van der Waals surface area contributed by atoms with Gasteiger partial charge in [0.25, 0.3) is 0 Å². The average Bonchev–Trinajstić information content (AvgIpc) is 3.13. The largest absolute Gasteiger partial charge is 0.381 e. The van der Waals surface area contributed by atoms with Crippen molar-refractivity contribution in [1.29, 1.82) is 0 Å². The van der Waals surface area contributed by atoms with Crippen LogP contribution in [0.1, 0.15) is 43.7 Å². The summed E-state index contributed by atoms with van der Waals surface area (Å²) in [5, 5.41) is 7.58. The molecule has 0 aromatic carbocycles. The molecule has 1 aliphatic carbocycles. The lowest BCUT2D eigenvalue weighted by molar-refractivity contribution is 0.154. The molecule has 1 aromatic rings. The lowest BCUT2D eigenvalue weighted by atomic mass is 9.83. The number of aryl methyl sites for hydroxylation is 1. The van der Waals surface area contributed by atoms with Gasteiger partial charge in [-0.1, -0.05) is 6.42 Å². The number of nitrogens with one attached hydrogen (secondary N) is 1. The molecule has 1 aromatic heterocycles. The topological polar surface area (TPSA) is 59.4 Å². The molecular weight excluding hydrogens is 280 g/mol. The van der Waals surface area contributed by atoms with Crippen LogP contribution in [-0.2, 0) is 11.8 Å². The molecule has 3 fully saturated rings. The number of anilines is 1. The zero-order valence-corrected chi connectivity index (χ0v) is 13.2. The SMILES string of the molecule is Cn1nc(C2CCC2)cc1NC(=O)N1CC[C@@]2(CCOC2)C1. The Morgan fingerprint density at radius 1 is 1.45 bits per heavy atom. The van der Waals surface area contributed by atoms with Crippen molar-refractivity contribution >= 4 is 11.8 Å². The van der Waals surface area contributed by atoms with Crippen molar-refractivity contribution in [1.82, 2.24) is 14.7 Å². The zero-order chi connectivity index (χ0) is 15.2. The zero-order valence-electron chi connectivity index (χ0n) is 13.2. The highest BCUT2D eigenvalue weighted by molar-refractivity contribution is 5.88. The fourth-order valence-electron chi connectivity index (χ4n) is 3.78. The first-order chi connectivity index (χ1) is 10.7. The molecule has 2 amide bonds. The highest BCUT2D eigenvalue weighted by Gasteiger charge is 2.42. The van der Waals surface area contributed by atoms with Gasteiger partial charge in [0.1, 0.15) is 5.82 Å². The van der Waals surface area contributed by atoms with Crippen molar-refractivity contribution in [2.24, 2.45) is 12.5 Å². The van der Waals surface area contributed by atoms with Gasteiger partial charge in [0, 0.05) is 44.1 Å². The second-order valence-electron chi connectivity index (χ2n) is 7.11. The summed E-state index contributed by atoms with van der Waals surface area (Å²) >= 11 is 0. The summed E-state index contributed by atoms with van der Waals surface area (Å²) in [6.07, 6.45) is 5.87. The predicted octanol–water partition coefficient (Wildman–Crippen LogP) is 2.33. The normalized spacial score (nSPS) is 28.3. The minimum absolute atomic E-state index is 0.00747. The van der Waals surface area contributed by atoms with Gasteiger partial charge in [0.2, 0.25) is 0 Å². The summed E-state index contributed by atoms with van der Waals surface area (Å²) in [7, 11) is 1.90. The highest BCUT2D eigenvalue weighted by atomic mass is 16.5. The minimum atomic E-state index is -0.00747. The molecule has 2 aliphatic heterocycles. The monoisotopic (exact) mass is 304 g/mol. The molecule has 1 saturated carbocycles. The lowest BCUT2D eigenvalue weighted by Crippen LogP contribution is -2.36. The molecule has 120 valence electrons. The Kier molecular flexibility index (Phi) is 3.36. The van der Waals surface area contributed by atoms with Crippen molar-refractivity contribution < 1.29 is 9.53 Å². The van der Waals surface area contributed by atoms with Crippen molar-refractivity contribution in [3.8, 4) is 0 Å². The molecule has 0 unspecified atom stereocenters. The summed E-state index contributed by atoms with van der Waals surface area (Å²) < 4.78 is 7.31. The fourth-order valence-corrected chi connectivity index (χ4v) is 3.78. The number of carbonyl (C=O) groups excluding carboxylic acids is 1. The van der Waals surface area contributed by atoms with Gasteiger partial charge in [-0.3, -0.25) is 10.00 Å². The van der Waals surface area contributed by atoms with Crippen molar-refractivity contribution in [3.05, 3.63) is 11.8 Å². The van der Waals surface area contributed by atoms with Crippen LogP contribution in [0.5, 0.6) is 0 Å². The summed E-state index contributed by atoms with van der Waals surface area (Å²) in [5.74, 6) is 1.39. The number of nitrogens with zero attached hydrogens (tertiary/aromatic N) is 3. The Labute approximate surface area is 130 Å². The number of rotatable bonds is 2. The van der Waals surface area contributed by atoms with Crippen LogP contribution in [0, 0.1) is 5.41 Å². The van der Waals surface area contributed by atoms with E-state index < -0.39 is 0 Å². The summed E-state index contributed by atoms with van der Waals surface area (Å²) in [6.45, 7) is 3.27. The van der Waals surface area contributed by atoms with Gasteiger partial charge in [-0.05, 0) is 25.7 Å². The first-order valence-corrected chi connectivity index (χ1v) is 8.33. The first kappa shape index (κ1) is 14.1. The van der Waals surface area contributed by atoms with Gasteiger partial charge in [0.15, 0.2) is 0 Å². The van der Waals surface area contributed by atoms with Crippen LogP contribution >= 0.6 is 0 Å². The van der Waals surface area contributed by atoms with Crippen LogP contribution in [-0.4, -0.2) is 47.0 Å². The van der Waals surface area contributed by atoms with E-state index in [1.165, 1.54) is 19.3 Å². The smallest absolute Gasteiger partial charge is 0.323 e. The number of urea groups is 1. The maximum absolute atomic E-state index is 12.5. The fraction of sp³-hybridized carbons (Fsp3) is 0.750. The van der Waals surface area contributed by atoms with Crippen LogP contribution < -0.4 is 5.32 Å². The molecule has 2 saturated heterocycles. The first-order valence-electron chi connectivity index (χ1n) is 8.33. The van der Waals surface area contributed by atoms with E-state index in [1.54, 1.807) is 4.68 Å². The molecule has 0 bridgehead atoms. The Morgan fingerprint density at radius 3 is 3.00 bits per heavy atom. The molecule has 6 heteroatoms. The predicted molar refractivity (Wildman–Crippen MR) is 82.9 cm³/mol. The second kappa shape index (κ2) is 5.26. The van der Waals surface area contributed by atoms with E-state index in [9.17, 15) is 4.79 Å². The molecule has 1 N–H and O–H groups in total. The van der Waals surface area contributed by atoms with Crippen LogP contribution in [0.15, 0.2) is 6.07 Å². The summed E-state index contributed by atoms with van der Waals surface area (Å²) in [6, 6.07) is 2.03. The summed E-state index contributed by atoms with van der Waals surface area (Å²) in [5.41, 5.74) is 1.33. The van der Waals surface area contributed by atoms with Gasteiger partial charge in [0.05, 0.1) is 12.3 Å². The molecule has 3 heterocycles. The molecule has 22 heavy (non-hydrogen) atoms. The Bertz CT molecular complexity index is 573. The van der Waals surface area contributed by atoms with Gasteiger partial charge in [-0.2, -0.15) is 5.10 Å². The molecule has 0 radical (unpaired) electrons. The number of carbonyl (C=O) groups is 1. The minimum Gasteiger partial charge on any atom is -0.381 e. The maximum atomic E-state index is 12.5. The quantitative estimate of drug-likeness (QED) is 0.912. The Balaban J connectivity index is 1.40. The second-order valence-corrected chi connectivity index (χ2v) is 7.11. The summed E-state index contributed by atoms with van der Waals surface area (Å²) in [4.78, 5) is 14.4. The van der Waals surface area contributed by atoms with Crippen LogP contribution in [0.2, 0.25) is 0 Å². The van der Waals surface area contributed by atoms with E-state index in [1.807, 2.05) is 18.0 Å². The third kappa shape index (κ3) is 2.39. The van der Waals surface area contributed by atoms with E-state index in [2.05, 4.69) is 10.4 Å². The maximum Gasteiger partial charge on any atom is 0.323 e. The van der Waals surface area contributed by atoms with Gasteiger partial charge < -0.3 is 9.64 Å². The van der Waals surface area contributed by atoms with Crippen molar-refractivity contribution in [3.63, 3.8) is 0 Å². The number of likely N-dealkylation sites (tertiary alicyclic amines) is 1. The van der Waals surface area contributed by atoms with E-state index >= 15 is 0 Å². The van der Waals surface area contributed by atoms with Crippen LogP contribution in [0.4, 0.5) is 10.6 Å². The van der Waals surface area contributed by atoms with Crippen molar-refractivity contribution in [2.75, 3.05) is 31.6 Å². The molecule has 1 atom stereocenters. The molecule has 4 rings (SSSR count). The average molecular weight is 304 g/mol. The highest BCUT2D eigenvalue weighted by Crippen LogP contribution is 2.39. The van der Waals surface area contributed by atoms with Crippen LogP contribution in [0.25, 0.3) is 0 Å². The Hall–Kier alpha value is -1.56. The van der Waals surface area contributed by atoms with E-state index in [0.717, 1.165) is 50.7 Å². The van der Waals surface area contributed by atoms with Crippen molar-refractivity contribution in [2.45, 2.75) is 38.0 Å². The van der Waals surface area contributed by atoms with Gasteiger partial charge >= 0.3 is 6.03 Å². The number of aromatic nitrogens is 2. The third-order valence-corrected chi connectivity index (χ3v) is 5.57.